The summed E-state index contributed by atoms with van der Waals surface area (Å²) in [6, 6.07) is 10.8. The highest BCUT2D eigenvalue weighted by Gasteiger charge is 2.10. The summed E-state index contributed by atoms with van der Waals surface area (Å²) < 4.78 is 2.13. The van der Waals surface area contributed by atoms with Gasteiger partial charge in [-0.05, 0) is 38.3 Å². The maximum Gasteiger partial charge on any atom is 0.207 e. The van der Waals surface area contributed by atoms with E-state index in [2.05, 4.69) is 66.1 Å². The van der Waals surface area contributed by atoms with Crippen molar-refractivity contribution in [2.24, 2.45) is 5.92 Å². The number of hydrogen-bond donors (Lipinski definition) is 1. The molecule has 1 unspecified atom stereocenters. The van der Waals surface area contributed by atoms with E-state index in [1.807, 2.05) is 13.0 Å². The Morgan fingerprint density at radius 3 is 2.48 bits per heavy atom. The third-order valence-corrected chi connectivity index (χ3v) is 3.65. The van der Waals surface area contributed by atoms with E-state index in [-0.39, 0.29) is 0 Å². The molecule has 1 aromatic carbocycles. The van der Waals surface area contributed by atoms with Crippen molar-refractivity contribution < 1.29 is 0 Å². The number of nitrogens with one attached hydrogen (secondary N) is 1. The van der Waals surface area contributed by atoms with E-state index in [9.17, 15) is 0 Å². The second kappa shape index (κ2) is 7.30. The molecule has 0 radical (unpaired) electrons. The molecule has 3 heteroatoms. The molecule has 0 bridgehead atoms. The van der Waals surface area contributed by atoms with Crippen LogP contribution < -0.4 is 5.32 Å². The van der Waals surface area contributed by atoms with Crippen molar-refractivity contribution in [3.05, 3.63) is 42.2 Å². The fraction of sp³-hybridized carbons (Fsp3) is 0.500. The molecule has 1 atom stereocenters. The lowest BCUT2D eigenvalue weighted by Crippen LogP contribution is -2.18. The second-order valence-electron chi connectivity index (χ2n) is 6.28. The fourth-order valence-corrected chi connectivity index (χ4v) is 2.51. The molecule has 21 heavy (non-hydrogen) atoms. The lowest BCUT2D eigenvalue weighted by atomic mass is 10.0. The van der Waals surface area contributed by atoms with Gasteiger partial charge < -0.3 is 5.32 Å². The first kappa shape index (κ1) is 15.6. The van der Waals surface area contributed by atoms with Gasteiger partial charge in [-0.1, -0.05) is 44.9 Å². The maximum atomic E-state index is 4.62. The first-order chi connectivity index (χ1) is 10.1. The summed E-state index contributed by atoms with van der Waals surface area (Å²) in [6.45, 7) is 8.83. The van der Waals surface area contributed by atoms with Crippen LogP contribution >= 0.6 is 0 Å². The molecule has 0 aliphatic rings. The summed E-state index contributed by atoms with van der Waals surface area (Å²) in [7, 11) is 0. The van der Waals surface area contributed by atoms with E-state index < -0.39 is 0 Å². The summed E-state index contributed by atoms with van der Waals surface area (Å²) in [6.07, 6.45) is 5.81. The van der Waals surface area contributed by atoms with Crippen LogP contribution in [0.25, 0.3) is 5.69 Å². The first-order valence-electron chi connectivity index (χ1n) is 7.94. The monoisotopic (exact) mass is 285 g/mol. The SMILES string of the molecule is Cc1cn(-c2ccccc2)c(NC(C)CCCC(C)C)n1. The predicted octanol–water partition coefficient (Wildman–Crippen LogP) is 4.81. The summed E-state index contributed by atoms with van der Waals surface area (Å²) in [4.78, 5) is 4.62. The van der Waals surface area contributed by atoms with E-state index in [4.69, 9.17) is 0 Å². The molecule has 0 spiro atoms. The highest BCUT2D eigenvalue weighted by atomic mass is 15.2. The van der Waals surface area contributed by atoms with Crippen LogP contribution in [0.4, 0.5) is 5.95 Å². The van der Waals surface area contributed by atoms with E-state index in [1.165, 1.54) is 19.3 Å². The Bertz CT molecular complexity index is 543. The van der Waals surface area contributed by atoms with Crippen LogP contribution in [0.2, 0.25) is 0 Å². The zero-order valence-corrected chi connectivity index (χ0v) is 13.6. The number of anilines is 1. The minimum Gasteiger partial charge on any atom is -0.353 e. The molecule has 3 nitrogen and oxygen atoms in total. The quantitative estimate of drug-likeness (QED) is 0.791. The minimum absolute atomic E-state index is 0.438. The molecule has 0 aliphatic carbocycles. The predicted molar refractivity (Wildman–Crippen MR) is 90.1 cm³/mol. The van der Waals surface area contributed by atoms with Crippen LogP contribution in [0, 0.1) is 12.8 Å². The lowest BCUT2D eigenvalue weighted by molar-refractivity contribution is 0.519. The van der Waals surface area contributed by atoms with Crippen LogP contribution in [0.15, 0.2) is 36.5 Å². The van der Waals surface area contributed by atoms with Crippen molar-refractivity contribution in [2.75, 3.05) is 5.32 Å². The molecule has 1 aromatic heterocycles. The minimum atomic E-state index is 0.438. The highest BCUT2D eigenvalue weighted by Crippen LogP contribution is 2.18. The summed E-state index contributed by atoms with van der Waals surface area (Å²) in [5.74, 6) is 1.72. The van der Waals surface area contributed by atoms with Crippen molar-refractivity contribution in [1.82, 2.24) is 9.55 Å². The van der Waals surface area contributed by atoms with Gasteiger partial charge >= 0.3 is 0 Å². The highest BCUT2D eigenvalue weighted by molar-refractivity contribution is 5.43. The molecule has 1 N–H and O–H groups in total. The average Bonchev–Trinajstić information content (AvgIpc) is 2.80. The first-order valence-corrected chi connectivity index (χ1v) is 7.94. The van der Waals surface area contributed by atoms with Gasteiger partial charge in [0.2, 0.25) is 5.95 Å². The summed E-state index contributed by atoms with van der Waals surface area (Å²) in [5, 5.41) is 3.56. The average molecular weight is 285 g/mol. The van der Waals surface area contributed by atoms with Crippen LogP contribution in [0.3, 0.4) is 0 Å². The lowest BCUT2D eigenvalue weighted by Gasteiger charge is -2.16. The van der Waals surface area contributed by atoms with Crippen LogP contribution in [0.5, 0.6) is 0 Å². The number of imidazole rings is 1. The zero-order chi connectivity index (χ0) is 15.2. The summed E-state index contributed by atoms with van der Waals surface area (Å²) in [5.41, 5.74) is 2.19. The van der Waals surface area contributed by atoms with Gasteiger partial charge in [-0.15, -0.1) is 0 Å². The van der Waals surface area contributed by atoms with Gasteiger partial charge in [-0.25, -0.2) is 4.98 Å². The Kier molecular flexibility index (Phi) is 5.43. The summed E-state index contributed by atoms with van der Waals surface area (Å²) >= 11 is 0. The topological polar surface area (TPSA) is 29.9 Å². The number of benzene rings is 1. The molecule has 1 heterocycles. The Morgan fingerprint density at radius 1 is 1.10 bits per heavy atom. The van der Waals surface area contributed by atoms with Crippen LogP contribution in [0.1, 0.15) is 45.7 Å². The van der Waals surface area contributed by atoms with E-state index in [0.29, 0.717) is 6.04 Å². The standard InChI is InChI=1S/C18H27N3/c1-14(2)9-8-10-15(3)19-18-20-16(4)13-21(18)17-11-6-5-7-12-17/h5-7,11-15H,8-10H2,1-4H3,(H,19,20). The number of nitrogens with zero attached hydrogens (tertiary/aromatic N) is 2. The van der Waals surface area contributed by atoms with Crippen LogP contribution in [-0.4, -0.2) is 15.6 Å². The van der Waals surface area contributed by atoms with Gasteiger partial charge in [-0.2, -0.15) is 0 Å². The molecule has 114 valence electrons. The van der Waals surface area contributed by atoms with Gasteiger partial charge in [-0.3, -0.25) is 4.57 Å². The molecular weight excluding hydrogens is 258 g/mol. The zero-order valence-electron chi connectivity index (χ0n) is 13.6. The smallest absolute Gasteiger partial charge is 0.207 e. The van der Waals surface area contributed by atoms with Gasteiger partial charge in [0, 0.05) is 17.9 Å². The van der Waals surface area contributed by atoms with Gasteiger partial charge in [0.25, 0.3) is 0 Å². The molecule has 0 amide bonds. The van der Waals surface area contributed by atoms with Crippen LogP contribution in [-0.2, 0) is 0 Å². The fourth-order valence-electron chi connectivity index (χ4n) is 2.51. The van der Waals surface area contributed by atoms with E-state index in [0.717, 1.165) is 23.2 Å². The van der Waals surface area contributed by atoms with E-state index in [1.54, 1.807) is 0 Å². The molecule has 2 rings (SSSR count). The number of para-hydroxylation sites is 1. The van der Waals surface area contributed by atoms with Gasteiger partial charge in [0.1, 0.15) is 0 Å². The third kappa shape index (κ3) is 4.62. The third-order valence-electron chi connectivity index (χ3n) is 3.65. The van der Waals surface area contributed by atoms with Gasteiger partial charge in [0.15, 0.2) is 0 Å². The number of rotatable bonds is 7. The Morgan fingerprint density at radius 2 is 1.81 bits per heavy atom. The second-order valence-corrected chi connectivity index (χ2v) is 6.28. The van der Waals surface area contributed by atoms with Crippen molar-refractivity contribution in [3.8, 4) is 5.69 Å². The van der Waals surface area contributed by atoms with E-state index >= 15 is 0 Å². The Balaban J connectivity index is 2.03. The molecule has 0 saturated heterocycles. The van der Waals surface area contributed by atoms with Crippen molar-refractivity contribution in [2.45, 2.75) is 53.0 Å². The molecular formula is C18H27N3. The van der Waals surface area contributed by atoms with Crippen molar-refractivity contribution >= 4 is 5.95 Å². The van der Waals surface area contributed by atoms with Gasteiger partial charge in [0.05, 0.1) is 5.69 Å². The maximum absolute atomic E-state index is 4.62. The Labute approximate surface area is 128 Å². The van der Waals surface area contributed by atoms with Crippen molar-refractivity contribution in [3.63, 3.8) is 0 Å². The largest absolute Gasteiger partial charge is 0.353 e. The molecule has 0 fully saturated rings. The number of hydrogen-bond acceptors (Lipinski definition) is 2. The molecule has 0 saturated carbocycles. The number of aromatic nitrogens is 2. The normalized spacial score (nSPS) is 12.6. The number of aryl methyl sites for hydroxylation is 1. The molecule has 0 aliphatic heterocycles. The van der Waals surface area contributed by atoms with Crippen molar-refractivity contribution in [1.29, 1.82) is 0 Å². The molecule has 2 aromatic rings. The Hall–Kier alpha value is -1.77.